The molecule has 2 aliphatic rings. The Balaban J connectivity index is 1.41. The molecule has 0 spiro atoms. The number of halogens is 2. The third-order valence-electron chi connectivity index (χ3n) is 4.63. The highest BCUT2D eigenvalue weighted by atomic mass is 35.5. The van der Waals surface area contributed by atoms with Crippen LogP contribution in [0.2, 0.25) is 10.0 Å². The average molecular weight is 379 g/mol. The maximum Gasteiger partial charge on any atom is 0.150 e. The predicted octanol–water partition coefficient (Wildman–Crippen LogP) is 3.53. The third kappa shape index (κ3) is 3.54. The van der Waals surface area contributed by atoms with E-state index in [1.807, 2.05) is 10.7 Å². The smallest absolute Gasteiger partial charge is 0.150 e. The standard InChI is InChI=1S/C18H20Cl2N4O/c1-2-16-22-17-4-3-14(9-24(17)23-16)21-8-11-5-12-6-13(19)7-15(20)18(12)25-10-11/h5-7,14,21H,2-4,8-10H2,1H3. The number of ether oxygens (including phenoxy) is 1. The van der Waals surface area contributed by atoms with E-state index in [1.54, 1.807) is 6.07 Å². The molecule has 0 bridgehead atoms. The van der Waals surface area contributed by atoms with Crippen molar-refractivity contribution < 1.29 is 4.74 Å². The normalized spacial score (nSPS) is 19.0. The van der Waals surface area contributed by atoms with Crippen molar-refractivity contribution in [3.05, 3.63) is 45.0 Å². The molecule has 132 valence electrons. The summed E-state index contributed by atoms with van der Waals surface area (Å²) in [6.45, 7) is 4.27. The molecule has 2 aliphatic heterocycles. The first-order valence-corrected chi connectivity index (χ1v) is 9.35. The first kappa shape index (κ1) is 16.9. The molecule has 1 unspecified atom stereocenters. The van der Waals surface area contributed by atoms with Crippen LogP contribution in [0.5, 0.6) is 5.75 Å². The number of nitrogens with zero attached hydrogens (tertiary/aromatic N) is 3. The SMILES string of the molecule is CCc1nc2n(n1)CC(NCC1=Cc3cc(Cl)cc(Cl)c3OC1)CC2. The van der Waals surface area contributed by atoms with Crippen LogP contribution in [0.25, 0.3) is 6.08 Å². The maximum atomic E-state index is 6.19. The Morgan fingerprint density at radius 1 is 1.36 bits per heavy atom. The Bertz CT molecular complexity index is 831. The fraction of sp³-hybridized carbons (Fsp3) is 0.444. The summed E-state index contributed by atoms with van der Waals surface area (Å²) in [6, 6.07) is 3.99. The van der Waals surface area contributed by atoms with Gasteiger partial charge in [-0.15, -0.1) is 0 Å². The topological polar surface area (TPSA) is 52.0 Å². The minimum atomic E-state index is 0.393. The Hall–Kier alpha value is -1.56. The summed E-state index contributed by atoms with van der Waals surface area (Å²) in [5.74, 6) is 2.75. The number of aryl methyl sites for hydroxylation is 2. The predicted molar refractivity (Wildman–Crippen MR) is 99.4 cm³/mol. The largest absolute Gasteiger partial charge is 0.487 e. The summed E-state index contributed by atoms with van der Waals surface area (Å²) < 4.78 is 7.85. The van der Waals surface area contributed by atoms with E-state index in [-0.39, 0.29) is 0 Å². The lowest BCUT2D eigenvalue weighted by Crippen LogP contribution is -2.39. The zero-order valence-electron chi connectivity index (χ0n) is 14.1. The van der Waals surface area contributed by atoms with Crippen LogP contribution in [0, 0.1) is 0 Å². The first-order chi connectivity index (χ1) is 12.1. The number of hydrogen-bond acceptors (Lipinski definition) is 4. The van der Waals surface area contributed by atoms with E-state index in [4.69, 9.17) is 27.9 Å². The molecule has 25 heavy (non-hydrogen) atoms. The van der Waals surface area contributed by atoms with Crippen molar-refractivity contribution in [2.75, 3.05) is 13.2 Å². The van der Waals surface area contributed by atoms with Gasteiger partial charge in [-0.3, -0.25) is 0 Å². The van der Waals surface area contributed by atoms with Gasteiger partial charge in [0.15, 0.2) is 5.82 Å². The van der Waals surface area contributed by atoms with Crippen molar-refractivity contribution in [2.45, 2.75) is 38.8 Å². The molecular formula is C18H20Cl2N4O. The van der Waals surface area contributed by atoms with Crippen LogP contribution in [-0.2, 0) is 19.4 Å². The molecule has 2 aromatic rings. The molecule has 0 amide bonds. The van der Waals surface area contributed by atoms with Crippen LogP contribution in [0.3, 0.4) is 0 Å². The molecule has 1 aromatic carbocycles. The van der Waals surface area contributed by atoms with Gasteiger partial charge in [-0.1, -0.05) is 30.1 Å². The molecule has 7 heteroatoms. The summed E-state index contributed by atoms with van der Waals surface area (Å²) in [5, 5.41) is 9.36. The quantitative estimate of drug-likeness (QED) is 0.883. The molecule has 1 N–H and O–H groups in total. The molecule has 5 nitrogen and oxygen atoms in total. The van der Waals surface area contributed by atoms with Gasteiger partial charge in [0, 0.05) is 36.0 Å². The second-order valence-electron chi connectivity index (χ2n) is 6.49. The van der Waals surface area contributed by atoms with E-state index in [0.717, 1.165) is 49.6 Å². The molecular weight excluding hydrogens is 359 g/mol. The summed E-state index contributed by atoms with van der Waals surface area (Å²) in [7, 11) is 0. The lowest BCUT2D eigenvalue weighted by Gasteiger charge is -2.25. The van der Waals surface area contributed by atoms with Gasteiger partial charge in [0.2, 0.25) is 0 Å². The van der Waals surface area contributed by atoms with Crippen molar-refractivity contribution in [1.82, 2.24) is 20.1 Å². The highest BCUT2D eigenvalue weighted by molar-refractivity contribution is 6.36. The highest BCUT2D eigenvalue weighted by Crippen LogP contribution is 2.36. The maximum absolute atomic E-state index is 6.19. The van der Waals surface area contributed by atoms with E-state index < -0.39 is 0 Å². The summed E-state index contributed by atoms with van der Waals surface area (Å²) in [5.41, 5.74) is 2.12. The number of rotatable bonds is 4. The van der Waals surface area contributed by atoms with Gasteiger partial charge in [0.25, 0.3) is 0 Å². The molecule has 0 fully saturated rings. The van der Waals surface area contributed by atoms with Crippen molar-refractivity contribution in [3.63, 3.8) is 0 Å². The monoisotopic (exact) mass is 378 g/mol. The van der Waals surface area contributed by atoms with E-state index in [9.17, 15) is 0 Å². The van der Waals surface area contributed by atoms with Gasteiger partial charge in [-0.25, -0.2) is 9.67 Å². The lowest BCUT2D eigenvalue weighted by atomic mass is 10.1. The van der Waals surface area contributed by atoms with Gasteiger partial charge in [0.05, 0.1) is 11.6 Å². The zero-order chi connectivity index (χ0) is 17.4. The number of nitrogens with one attached hydrogen (secondary N) is 1. The fourth-order valence-corrected chi connectivity index (χ4v) is 3.88. The van der Waals surface area contributed by atoms with Crippen LogP contribution in [0.15, 0.2) is 17.7 Å². The van der Waals surface area contributed by atoms with Crippen LogP contribution in [0.4, 0.5) is 0 Å². The van der Waals surface area contributed by atoms with E-state index >= 15 is 0 Å². The molecule has 1 atom stereocenters. The minimum Gasteiger partial charge on any atom is -0.487 e. The lowest BCUT2D eigenvalue weighted by molar-refractivity contribution is 0.330. The van der Waals surface area contributed by atoms with E-state index in [1.165, 1.54) is 5.57 Å². The van der Waals surface area contributed by atoms with Crippen molar-refractivity contribution >= 4 is 29.3 Å². The first-order valence-electron chi connectivity index (χ1n) is 8.59. The van der Waals surface area contributed by atoms with Crippen LogP contribution >= 0.6 is 23.2 Å². The summed E-state index contributed by atoms with van der Waals surface area (Å²) >= 11 is 12.3. The van der Waals surface area contributed by atoms with Gasteiger partial charge < -0.3 is 10.1 Å². The molecule has 4 rings (SSSR count). The number of hydrogen-bond donors (Lipinski definition) is 1. The molecule has 0 saturated heterocycles. The molecule has 0 aliphatic carbocycles. The van der Waals surface area contributed by atoms with Crippen LogP contribution in [-0.4, -0.2) is 34.0 Å². The highest BCUT2D eigenvalue weighted by Gasteiger charge is 2.22. The number of benzene rings is 1. The number of fused-ring (bicyclic) bond motifs is 2. The average Bonchev–Trinajstić information content (AvgIpc) is 3.02. The zero-order valence-corrected chi connectivity index (χ0v) is 15.6. The Morgan fingerprint density at radius 3 is 3.08 bits per heavy atom. The second kappa shape index (κ2) is 6.98. The van der Waals surface area contributed by atoms with E-state index in [0.29, 0.717) is 28.4 Å². The Morgan fingerprint density at radius 2 is 2.24 bits per heavy atom. The molecule has 0 saturated carbocycles. The van der Waals surface area contributed by atoms with Gasteiger partial charge >= 0.3 is 0 Å². The van der Waals surface area contributed by atoms with Crippen molar-refractivity contribution in [3.8, 4) is 5.75 Å². The minimum absolute atomic E-state index is 0.393. The van der Waals surface area contributed by atoms with Crippen LogP contribution < -0.4 is 10.1 Å². The van der Waals surface area contributed by atoms with Crippen LogP contribution in [0.1, 0.15) is 30.6 Å². The van der Waals surface area contributed by atoms with Gasteiger partial charge in [0.1, 0.15) is 18.2 Å². The van der Waals surface area contributed by atoms with Gasteiger partial charge in [-0.05, 0) is 30.2 Å². The molecule has 0 radical (unpaired) electrons. The summed E-state index contributed by atoms with van der Waals surface area (Å²) in [4.78, 5) is 4.56. The second-order valence-corrected chi connectivity index (χ2v) is 7.34. The molecule has 1 aromatic heterocycles. The third-order valence-corrected chi connectivity index (χ3v) is 5.13. The Kier molecular flexibility index (Phi) is 4.71. The van der Waals surface area contributed by atoms with E-state index in [2.05, 4.69) is 28.4 Å². The van der Waals surface area contributed by atoms with Crippen molar-refractivity contribution in [1.29, 1.82) is 0 Å². The molecule has 3 heterocycles. The van der Waals surface area contributed by atoms with Gasteiger partial charge in [-0.2, -0.15) is 5.10 Å². The Labute approximate surface area is 157 Å². The number of aromatic nitrogens is 3. The van der Waals surface area contributed by atoms with Crippen molar-refractivity contribution in [2.24, 2.45) is 0 Å². The summed E-state index contributed by atoms with van der Waals surface area (Å²) in [6.07, 6.45) is 5.04. The fourth-order valence-electron chi connectivity index (χ4n) is 3.32.